The molecule has 3 N–H and O–H groups in total. The van der Waals surface area contributed by atoms with Crippen LogP contribution in [0.4, 0.5) is 4.79 Å². The maximum atomic E-state index is 11.8. The van der Waals surface area contributed by atoms with Crippen molar-refractivity contribution < 1.29 is 19.1 Å². The summed E-state index contributed by atoms with van der Waals surface area (Å²) in [5.74, 6) is 0.433. The number of aliphatic imine (C=N–C) groups is 1. The van der Waals surface area contributed by atoms with Crippen molar-refractivity contribution in [1.29, 1.82) is 0 Å². The molecule has 0 spiro atoms. The van der Waals surface area contributed by atoms with E-state index in [-0.39, 0.29) is 18.6 Å². The first-order chi connectivity index (χ1) is 12.7. The summed E-state index contributed by atoms with van der Waals surface area (Å²) >= 11 is 0. The predicted octanol–water partition coefficient (Wildman–Crippen LogP) is 0.704. The van der Waals surface area contributed by atoms with Crippen LogP contribution in [0.25, 0.3) is 0 Å². The number of carbonyl (C=O) groups excluding carboxylic acids is 2. The Kier molecular flexibility index (Phi) is 9.92. The molecular weight excluding hydrogens is 350 g/mol. The average Bonchev–Trinajstić information content (AvgIpc) is 2.59. The molecule has 1 rings (SSSR count). The second-order valence-electron chi connectivity index (χ2n) is 7.68. The number of nitrogens with zero attached hydrogens (tertiary/aromatic N) is 2. The third kappa shape index (κ3) is 11.3. The van der Waals surface area contributed by atoms with Crippen LogP contribution in [0.1, 0.15) is 40.0 Å². The smallest absolute Gasteiger partial charge is 0.407 e. The van der Waals surface area contributed by atoms with Gasteiger partial charge in [-0.15, -0.1) is 0 Å². The van der Waals surface area contributed by atoms with E-state index >= 15 is 0 Å². The van der Waals surface area contributed by atoms with E-state index in [0.717, 1.165) is 25.9 Å². The molecule has 1 unspecified atom stereocenters. The number of guanidine groups is 1. The molecule has 0 aliphatic carbocycles. The molecule has 27 heavy (non-hydrogen) atoms. The molecule has 0 radical (unpaired) electrons. The van der Waals surface area contributed by atoms with Gasteiger partial charge in [0, 0.05) is 40.3 Å². The molecule has 0 saturated carbocycles. The topological polar surface area (TPSA) is 104 Å². The zero-order valence-electron chi connectivity index (χ0n) is 17.3. The lowest BCUT2D eigenvalue weighted by atomic mass is 10.1. The van der Waals surface area contributed by atoms with Gasteiger partial charge in [-0.05, 0) is 40.0 Å². The van der Waals surface area contributed by atoms with E-state index in [2.05, 4.69) is 20.9 Å². The van der Waals surface area contributed by atoms with Crippen molar-refractivity contribution >= 4 is 18.0 Å². The van der Waals surface area contributed by atoms with Crippen LogP contribution in [-0.4, -0.2) is 81.4 Å². The van der Waals surface area contributed by atoms with E-state index in [1.807, 2.05) is 20.8 Å². The number of rotatable bonds is 7. The minimum atomic E-state index is -0.530. The predicted molar refractivity (Wildman–Crippen MR) is 105 cm³/mol. The summed E-state index contributed by atoms with van der Waals surface area (Å²) in [4.78, 5) is 29.2. The molecule has 1 aliphatic heterocycles. The van der Waals surface area contributed by atoms with Crippen molar-refractivity contribution in [2.75, 3.05) is 46.9 Å². The lowest BCUT2D eigenvalue weighted by molar-refractivity contribution is -0.127. The average molecular weight is 386 g/mol. The van der Waals surface area contributed by atoms with Crippen LogP contribution in [0.2, 0.25) is 0 Å². The minimum Gasteiger partial charge on any atom is -0.444 e. The van der Waals surface area contributed by atoms with E-state index in [1.165, 1.54) is 4.90 Å². The first-order valence-electron chi connectivity index (χ1n) is 9.48. The summed E-state index contributed by atoms with van der Waals surface area (Å²) in [6.07, 6.45) is 2.95. The number of ether oxygens (including phenoxy) is 2. The second kappa shape index (κ2) is 11.6. The van der Waals surface area contributed by atoms with Crippen LogP contribution in [0, 0.1) is 0 Å². The van der Waals surface area contributed by atoms with E-state index in [1.54, 1.807) is 14.1 Å². The van der Waals surface area contributed by atoms with Crippen molar-refractivity contribution in [1.82, 2.24) is 20.9 Å². The number of nitrogens with one attached hydrogen (secondary N) is 3. The Hall–Kier alpha value is -2.03. The van der Waals surface area contributed by atoms with Gasteiger partial charge in [-0.3, -0.25) is 4.79 Å². The Morgan fingerprint density at radius 3 is 2.44 bits per heavy atom. The molecule has 0 aromatic heterocycles. The van der Waals surface area contributed by atoms with Gasteiger partial charge in [-0.25, -0.2) is 9.79 Å². The van der Waals surface area contributed by atoms with Crippen LogP contribution >= 0.6 is 0 Å². The fourth-order valence-electron chi connectivity index (χ4n) is 2.30. The Bertz CT molecular complexity index is 496. The van der Waals surface area contributed by atoms with Crippen LogP contribution < -0.4 is 16.0 Å². The zero-order chi connectivity index (χ0) is 20.3. The summed E-state index contributed by atoms with van der Waals surface area (Å²) in [5.41, 5.74) is -0.530. The molecule has 1 atom stereocenters. The molecule has 1 aliphatic rings. The van der Waals surface area contributed by atoms with Crippen LogP contribution in [-0.2, 0) is 14.3 Å². The Morgan fingerprint density at radius 2 is 1.85 bits per heavy atom. The zero-order valence-corrected chi connectivity index (χ0v) is 17.3. The van der Waals surface area contributed by atoms with E-state index in [9.17, 15) is 9.59 Å². The molecule has 1 heterocycles. The van der Waals surface area contributed by atoms with Gasteiger partial charge in [0.2, 0.25) is 5.91 Å². The highest BCUT2D eigenvalue weighted by atomic mass is 16.6. The monoisotopic (exact) mass is 385 g/mol. The van der Waals surface area contributed by atoms with E-state index in [0.29, 0.717) is 25.6 Å². The first kappa shape index (κ1) is 23.0. The fraction of sp³-hybridized carbons (Fsp3) is 0.833. The van der Waals surface area contributed by atoms with Gasteiger partial charge in [0.15, 0.2) is 5.96 Å². The Morgan fingerprint density at radius 1 is 1.15 bits per heavy atom. The summed E-state index contributed by atoms with van der Waals surface area (Å²) in [6.45, 7) is 7.72. The van der Waals surface area contributed by atoms with Crippen molar-refractivity contribution in [3.63, 3.8) is 0 Å². The number of carbonyl (C=O) groups is 2. The summed E-state index contributed by atoms with van der Waals surface area (Å²) in [7, 11) is 3.39. The van der Waals surface area contributed by atoms with Crippen molar-refractivity contribution in [3.8, 4) is 0 Å². The standard InChI is InChI=1S/C18H35N5O4/c1-18(2,3)27-17(25)20-10-9-19-16(22-13-15(24)23(4)5)21-12-14-8-6-7-11-26-14/h14H,6-13H2,1-5H3,(H,20,25)(H2,19,21,22). The van der Waals surface area contributed by atoms with Crippen molar-refractivity contribution in [2.45, 2.75) is 51.7 Å². The third-order valence-corrected chi connectivity index (χ3v) is 3.73. The lowest BCUT2D eigenvalue weighted by Gasteiger charge is -2.24. The number of hydrogen-bond donors (Lipinski definition) is 3. The van der Waals surface area contributed by atoms with E-state index < -0.39 is 11.7 Å². The molecule has 1 fully saturated rings. The molecule has 1 saturated heterocycles. The molecule has 0 aromatic rings. The van der Waals surface area contributed by atoms with Gasteiger partial charge in [-0.1, -0.05) is 0 Å². The van der Waals surface area contributed by atoms with Gasteiger partial charge >= 0.3 is 6.09 Å². The maximum Gasteiger partial charge on any atom is 0.407 e. The highest BCUT2D eigenvalue weighted by Gasteiger charge is 2.16. The third-order valence-electron chi connectivity index (χ3n) is 3.73. The number of alkyl carbamates (subject to hydrolysis) is 1. The largest absolute Gasteiger partial charge is 0.444 e. The van der Waals surface area contributed by atoms with E-state index in [4.69, 9.17) is 9.47 Å². The SMILES string of the molecule is CN(C)C(=O)CN=C(NCCNC(=O)OC(C)(C)C)NCC1CCCCO1. The highest BCUT2D eigenvalue weighted by Crippen LogP contribution is 2.11. The molecule has 2 amide bonds. The number of likely N-dealkylation sites (N-methyl/N-ethyl adjacent to an activating group) is 1. The first-order valence-corrected chi connectivity index (χ1v) is 9.48. The van der Waals surface area contributed by atoms with Gasteiger partial charge in [0.1, 0.15) is 12.1 Å². The van der Waals surface area contributed by atoms with Gasteiger partial charge < -0.3 is 30.3 Å². The molecular formula is C18H35N5O4. The Labute approximate surface area is 162 Å². The number of amides is 2. The normalized spacial score (nSPS) is 17.8. The molecule has 0 aromatic carbocycles. The summed E-state index contributed by atoms with van der Waals surface area (Å²) in [5, 5.41) is 9.00. The van der Waals surface area contributed by atoms with Crippen molar-refractivity contribution in [3.05, 3.63) is 0 Å². The molecule has 156 valence electrons. The highest BCUT2D eigenvalue weighted by molar-refractivity contribution is 5.84. The maximum absolute atomic E-state index is 11.8. The fourth-order valence-corrected chi connectivity index (χ4v) is 2.30. The van der Waals surface area contributed by atoms with Crippen LogP contribution in [0.3, 0.4) is 0 Å². The minimum absolute atomic E-state index is 0.0490. The summed E-state index contributed by atoms with van der Waals surface area (Å²) in [6, 6.07) is 0. The molecule has 9 heteroatoms. The van der Waals surface area contributed by atoms with Crippen LogP contribution in [0.5, 0.6) is 0 Å². The second-order valence-corrected chi connectivity index (χ2v) is 7.68. The Balaban J connectivity index is 2.43. The number of hydrogen-bond acceptors (Lipinski definition) is 5. The quantitative estimate of drug-likeness (QED) is 0.339. The van der Waals surface area contributed by atoms with Gasteiger partial charge in [0.05, 0.1) is 6.10 Å². The molecule has 9 nitrogen and oxygen atoms in total. The lowest BCUT2D eigenvalue weighted by Crippen LogP contribution is -2.45. The van der Waals surface area contributed by atoms with Gasteiger partial charge in [0.25, 0.3) is 0 Å². The van der Waals surface area contributed by atoms with Crippen molar-refractivity contribution in [2.24, 2.45) is 4.99 Å². The summed E-state index contributed by atoms with van der Waals surface area (Å²) < 4.78 is 10.9. The van der Waals surface area contributed by atoms with Gasteiger partial charge in [-0.2, -0.15) is 0 Å². The molecule has 0 bridgehead atoms. The van der Waals surface area contributed by atoms with Crippen LogP contribution in [0.15, 0.2) is 4.99 Å².